The molecule has 142 valence electrons. The Kier molecular flexibility index (Phi) is 6.19. The van der Waals surface area contributed by atoms with E-state index in [2.05, 4.69) is 10.3 Å². The summed E-state index contributed by atoms with van der Waals surface area (Å²) >= 11 is 1.34. The number of methoxy groups -OCH3 is 1. The number of aromatic nitrogens is 1. The van der Waals surface area contributed by atoms with E-state index >= 15 is 0 Å². The van der Waals surface area contributed by atoms with Gasteiger partial charge >= 0.3 is 0 Å². The molecule has 2 aromatic carbocycles. The minimum atomic E-state index is -0.367. The molecule has 0 atom stereocenters. The molecular weight excluding hydrogens is 381 g/mol. The fourth-order valence-corrected chi connectivity index (χ4v) is 3.27. The minimum absolute atomic E-state index is 0.227. The van der Waals surface area contributed by atoms with E-state index in [9.17, 15) is 9.18 Å². The molecule has 0 saturated heterocycles. The number of carbonyl (C=O) groups excluding carboxylic acids is 1. The van der Waals surface area contributed by atoms with E-state index in [0.717, 1.165) is 10.4 Å². The number of benzene rings is 2. The van der Waals surface area contributed by atoms with Gasteiger partial charge in [-0.25, -0.2) is 9.37 Å². The van der Waals surface area contributed by atoms with Gasteiger partial charge in [0.15, 0.2) is 23.2 Å². The number of thiazole rings is 1. The number of hydrogen-bond acceptors (Lipinski definition) is 6. The zero-order valence-electron chi connectivity index (χ0n) is 14.9. The van der Waals surface area contributed by atoms with Crippen LogP contribution in [-0.2, 0) is 11.2 Å². The van der Waals surface area contributed by atoms with Gasteiger partial charge in [-0.3, -0.25) is 10.1 Å². The Hall–Kier alpha value is -3.44. The molecule has 28 heavy (non-hydrogen) atoms. The second-order valence-electron chi connectivity index (χ2n) is 5.75. The van der Waals surface area contributed by atoms with Crippen molar-refractivity contribution in [3.05, 3.63) is 70.5 Å². The number of amides is 1. The third-order valence-corrected chi connectivity index (χ3v) is 4.66. The predicted octanol–water partition coefficient (Wildman–Crippen LogP) is 3.77. The Labute approximate surface area is 165 Å². The molecule has 1 N–H and O–H groups in total. The first-order chi connectivity index (χ1) is 13.6. The van der Waals surface area contributed by atoms with Crippen LogP contribution in [0.25, 0.3) is 0 Å². The maximum absolute atomic E-state index is 13.0. The molecular formula is C20H16FN3O3S. The van der Waals surface area contributed by atoms with Gasteiger partial charge < -0.3 is 9.47 Å². The van der Waals surface area contributed by atoms with Crippen LogP contribution in [0, 0.1) is 17.1 Å². The van der Waals surface area contributed by atoms with Gasteiger partial charge in [-0.15, -0.1) is 11.3 Å². The summed E-state index contributed by atoms with van der Waals surface area (Å²) in [6.45, 7) is -0.227. The summed E-state index contributed by atoms with van der Waals surface area (Å²) in [7, 11) is 1.46. The minimum Gasteiger partial charge on any atom is -0.493 e. The summed E-state index contributed by atoms with van der Waals surface area (Å²) in [5.74, 6) is 0.101. The maximum atomic E-state index is 13.0. The smallest absolute Gasteiger partial charge is 0.264 e. The Morgan fingerprint density at radius 2 is 2.04 bits per heavy atom. The van der Waals surface area contributed by atoms with Crippen molar-refractivity contribution in [2.45, 2.75) is 6.42 Å². The van der Waals surface area contributed by atoms with Crippen molar-refractivity contribution in [2.75, 3.05) is 19.0 Å². The third-order valence-electron chi connectivity index (χ3n) is 3.74. The SMILES string of the molecule is COc1cc(C#N)ccc1OCC(=O)Nc1ncc(Cc2ccc(F)cc2)s1. The number of rotatable bonds is 7. The second-order valence-corrected chi connectivity index (χ2v) is 6.86. The topological polar surface area (TPSA) is 84.2 Å². The van der Waals surface area contributed by atoms with Crippen LogP contribution in [0.3, 0.4) is 0 Å². The highest BCUT2D eigenvalue weighted by molar-refractivity contribution is 7.15. The van der Waals surface area contributed by atoms with Gasteiger partial charge in [-0.2, -0.15) is 5.26 Å². The lowest BCUT2D eigenvalue weighted by atomic mass is 10.1. The third kappa shape index (κ3) is 5.05. The first kappa shape index (κ1) is 19.3. The zero-order chi connectivity index (χ0) is 19.9. The van der Waals surface area contributed by atoms with E-state index in [-0.39, 0.29) is 18.3 Å². The number of nitrogens with zero attached hydrogens (tertiary/aromatic N) is 2. The maximum Gasteiger partial charge on any atom is 0.264 e. The summed E-state index contributed by atoms with van der Waals surface area (Å²) < 4.78 is 23.6. The number of hydrogen-bond donors (Lipinski definition) is 1. The normalized spacial score (nSPS) is 10.2. The quantitative estimate of drug-likeness (QED) is 0.656. The molecule has 1 amide bonds. The van der Waals surface area contributed by atoms with Crippen molar-refractivity contribution in [2.24, 2.45) is 0 Å². The lowest BCUT2D eigenvalue weighted by Gasteiger charge is -2.10. The van der Waals surface area contributed by atoms with Gasteiger partial charge in [-0.1, -0.05) is 12.1 Å². The number of nitrogens with one attached hydrogen (secondary N) is 1. The van der Waals surface area contributed by atoms with Crippen LogP contribution < -0.4 is 14.8 Å². The van der Waals surface area contributed by atoms with E-state index < -0.39 is 0 Å². The van der Waals surface area contributed by atoms with Crippen molar-refractivity contribution in [1.29, 1.82) is 5.26 Å². The first-order valence-corrected chi connectivity index (χ1v) is 9.09. The van der Waals surface area contributed by atoms with Gasteiger partial charge in [0.2, 0.25) is 0 Å². The van der Waals surface area contributed by atoms with Crippen LogP contribution in [0.15, 0.2) is 48.7 Å². The molecule has 1 heterocycles. The second kappa shape index (κ2) is 8.97. The average molecular weight is 397 g/mol. The van der Waals surface area contributed by atoms with Crippen LogP contribution in [-0.4, -0.2) is 24.6 Å². The number of anilines is 1. The molecule has 1 aromatic heterocycles. The average Bonchev–Trinajstić information content (AvgIpc) is 3.14. The van der Waals surface area contributed by atoms with Crippen molar-refractivity contribution in [1.82, 2.24) is 4.98 Å². The summed E-state index contributed by atoms with van der Waals surface area (Å²) in [5, 5.41) is 12.0. The van der Waals surface area contributed by atoms with Crippen molar-refractivity contribution in [3.8, 4) is 17.6 Å². The van der Waals surface area contributed by atoms with Crippen molar-refractivity contribution < 1.29 is 18.7 Å². The van der Waals surface area contributed by atoms with E-state index in [4.69, 9.17) is 14.7 Å². The van der Waals surface area contributed by atoms with Crippen LogP contribution in [0.4, 0.5) is 9.52 Å². The highest BCUT2D eigenvalue weighted by atomic mass is 32.1. The highest BCUT2D eigenvalue weighted by Crippen LogP contribution is 2.28. The molecule has 0 saturated carbocycles. The number of ether oxygens (including phenoxy) is 2. The van der Waals surface area contributed by atoms with Gasteiger partial charge in [0.05, 0.1) is 18.7 Å². The van der Waals surface area contributed by atoms with E-state index in [0.29, 0.717) is 28.6 Å². The molecule has 6 nitrogen and oxygen atoms in total. The van der Waals surface area contributed by atoms with E-state index in [1.807, 2.05) is 6.07 Å². The molecule has 0 spiro atoms. The Morgan fingerprint density at radius 1 is 1.25 bits per heavy atom. The summed E-state index contributed by atoms with van der Waals surface area (Å²) in [6, 6.07) is 13.0. The molecule has 0 aliphatic heterocycles. The standard InChI is InChI=1S/C20H16FN3O3S/c1-26-18-9-14(10-22)4-7-17(18)27-12-19(25)24-20-23-11-16(28-20)8-13-2-5-15(21)6-3-13/h2-7,9,11H,8,12H2,1H3,(H,23,24,25). The predicted molar refractivity (Wildman–Crippen MR) is 103 cm³/mol. The molecule has 8 heteroatoms. The fraction of sp³-hybridized carbons (Fsp3) is 0.150. The van der Waals surface area contributed by atoms with Crippen LogP contribution in [0.5, 0.6) is 11.5 Å². The molecule has 0 aliphatic carbocycles. The Balaban J connectivity index is 1.55. The van der Waals surface area contributed by atoms with Crippen molar-refractivity contribution >= 4 is 22.4 Å². The number of carbonyl (C=O) groups is 1. The van der Waals surface area contributed by atoms with Crippen LogP contribution in [0.1, 0.15) is 16.0 Å². The Morgan fingerprint density at radius 3 is 2.75 bits per heavy atom. The monoisotopic (exact) mass is 397 g/mol. The molecule has 0 fully saturated rings. The molecule has 0 radical (unpaired) electrons. The summed E-state index contributed by atoms with van der Waals surface area (Å²) in [6.07, 6.45) is 2.28. The molecule has 3 aromatic rings. The van der Waals surface area contributed by atoms with Gasteiger partial charge in [-0.05, 0) is 29.8 Å². The molecule has 3 rings (SSSR count). The number of nitriles is 1. The molecule has 0 unspecified atom stereocenters. The van der Waals surface area contributed by atoms with Gasteiger partial charge in [0.1, 0.15) is 5.82 Å². The highest BCUT2D eigenvalue weighted by Gasteiger charge is 2.11. The van der Waals surface area contributed by atoms with E-state index in [1.54, 1.807) is 30.5 Å². The lowest BCUT2D eigenvalue weighted by Crippen LogP contribution is -2.20. The van der Waals surface area contributed by atoms with E-state index in [1.165, 1.54) is 36.6 Å². The first-order valence-electron chi connectivity index (χ1n) is 8.27. The largest absolute Gasteiger partial charge is 0.493 e. The summed E-state index contributed by atoms with van der Waals surface area (Å²) in [5.41, 5.74) is 1.39. The Bertz CT molecular complexity index is 1010. The molecule has 0 aliphatic rings. The number of halogens is 1. The lowest BCUT2D eigenvalue weighted by molar-refractivity contribution is -0.118. The zero-order valence-corrected chi connectivity index (χ0v) is 15.8. The molecule has 0 bridgehead atoms. The summed E-state index contributed by atoms with van der Waals surface area (Å²) in [4.78, 5) is 17.2. The van der Waals surface area contributed by atoms with Crippen LogP contribution in [0.2, 0.25) is 0 Å². The fourth-order valence-electron chi connectivity index (χ4n) is 2.41. The van der Waals surface area contributed by atoms with Crippen LogP contribution >= 0.6 is 11.3 Å². The van der Waals surface area contributed by atoms with Gasteiger partial charge in [0, 0.05) is 23.6 Å². The van der Waals surface area contributed by atoms with Crippen molar-refractivity contribution in [3.63, 3.8) is 0 Å². The van der Waals surface area contributed by atoms with Gasteiger partial charge in [0.25, 0.3) is 5.91 Å².